The number of aliphatic hydroxyl groups is 1. The van der Waals surface area contributed by atoms with Crippen LogP contribution >= 0.6 is 0 Å². The highest BCUT2D eigenvalue weighted by atomic mass is 19.1. The smallest absolute Gasteiger partial charge is 0.194 e. The van der Waals surface area contributed by atoms with Crippen LogP contribution in [0.1, 0.15) is 19.6 Å². The summed E-state index contributed by atoms with van der Waals surface area (Å²) in [5, 5.41) is 13.9. The summed E-state index contributed by atoms with van der Waals surface area (Å²) in [6.45, 7) is 7.49. The summed E-state index contributed by atoms with van der Waals surface area (Å²) < 4.78 is 19.3. The minimum Gasteiger partial charge on any atom is -0.466 e. The highest BCUT2D eigenvalue weighted by molar-refractivity contribution is 5.80. The van der Waals surface area contributed by atoms with Crippen molar-refractivity contribution in [2.45, 2.75) is 19.4 Å². The Hall–Kier alpha value is -2.54. The first-order chi connectivity index (χ1) is 13.0. The van der Waals surface area contributed by atoms with Crippen molar-refractivity contribution in [2.75, 3.05) is 44.2 Å². The highest BCUT2D eigenvalue weighted by Crippen LogP contribution is 2.22. The molecule has 27 heavy (non-hydrogen) atoms. The van der Waals surface area contributed by atoms with E-state index in [1.54, 1.807) is 31.4 Å². The lowest BCUT2D eigenvalue weighted by atomic mass is 10.0. The molecule has 2 aromatic rings. The average molecular weight is 374 g/mol. The maximum atomic E-state index is 14.0. The fraction of sp³-hybridized carbons (Fsp3) is 0.450. The molecule has 0 spiro atoms. The largest absolute Gasteiger partial charge is 0.466 e. The van der Waals surface area contributed by atoms with Crippen LogP contribution in [-0.4, -0.2) is 55.2 Å². The van der Waals surface area contributed by atoms with E-state index >= 15 is 0 Å². The van der Waals surface area contributed by atoms with Crippen molar-refractivity contribution in [1.82, 2.24) is 10.2 Å². The van der Waals surface area contributed by atoms with Gasteiger partial charge >= 0.3 is 0 Å². The summed E-state index contributed by atoms with van der Waals surface area (Å²) in [5.74, 6) is 1.05. The van der Waals surface area contributed by atoms with E-state index in [2.05, 4.69) is 20.1 Å². The first kappa shape index (κ1) is 19.2. The molecule has 3 rings (SSSR count). The predicted octanol–water partition coefficient (Wildman–Crippen LogP) is 2.41. The first-order valence-electron chi connectivity index (χ1n) is 9.30. The predicted molar refractivity (Wildman–Crippen MR) is 104 cm³/mol. The molecule has 1 aliphatic heterocycles. The Labute approximate surface area is 159 Å². The Morgan fingerprint density at radius 1 is 1.22 bits per heavy atom. The van der Waals surface area contributed by atoms with Crippen molar-refractivity contribution in [2.24, 2.45) is 4.99 Å². The van der Waals surface area contributed by atoms with Crippen LogP contribution in [-0.2, 0) is 5.60 Å². The first-order valence-corrected chi connectivity index (χ1v) is 9.30. The van der Waals surface area contributed by atoms with Crippen LogP contribution in [0.2, 0.25) is 0 Å². The molecule has 1 aromatic heterocycles. The number of nitrogens with zero attached hydrogens (tertiary/aromatic N) is 3. The summed E-state index contributed by atoms with van der Waals surface area (Å²) in [5.41, 5.74) is -0.529. The second-order valence-corrected chi connectivity index (χ2v) is 6.85. The molecule has 146 valence electrons. The van der Waals surface area contributed by atoms with Crippen molar-refractivity contribution in [3.63, 3.8) is 0 Å². The van der Waals surface area contributed by atoms with Crippen LogP contribution < -0.4 is 10.2 Å². The number of para-hydroxylation sites is 1. The number of guanidine groups is 1. The molecule has 0 amide bonds. The Kier molecular flexibility index (Phi) is 6.01. The Morgan fingerprint density at radius 3 is 2.59 bits per heavy atom. The zero-order valence-corrected chi connectivity index (χ0v) is 15.9. The van der Waals surface area contributed by atoms with Crippen LogP contribution in [0.3, 0.4) is 0 Å². The van der Waals surface area contributed by atoms with Crippen LogP contribution in [0.5, 0.6) is 0 Å². The summed E-state index contributed by atoms with van der Waals surface area (Å²) in [4.78, 5) is 8.80. The monoisotopic (exact) mass is 374 g/mol. The van der Waals surface area contributed by atoms with E-state index in [1.807, 2.05) is 19.1 Å². The van der Waals surface area contributed by atoms with Gasteiger partial charge in [-0.25, -0.2) is 9.38 Å². The third-order valence-electron chi connectivity index (χ3n) is 4.70. The summed E-state index contributed by atoms with van der Waals surface area (Å²) in [7, 11) is 0. The Bertz CT molecular complexity index is 753. The van der Waals surface area contributed by atoms with Gasteiger partial charge < -0.3 is 24.6 Å². The number of hydrogen-bond donors (Lipinski definition) is 2. The van der Waals surface area contributed by atoms with Crippen molar-refractivity contribution in [1.29, 1.82) is 0 Å². The van der Waals surface area contributed by atoms with Crippen molar-refractivity contribution in [3.8, 4) is 0 Å². The van der Waals surface area contributed by atoms with Gasteiger partial charge in [-0.05, 0) is 38.1 Å². The van der Waals surface area contributed by atoms with Gasteiger partial charge in [0.2, 0.25) is 0 Å². The molecule has 0 bridgehead atoms. The molecule has 1 atom stereocenters. The van der Waals surface area contributed by atoms with Gasteiger partial charge in [0.1, 0.15) is 17.2 Å². The minimum atomic E-state index is -1.17. The standard InChI is InChI=1S/C20H27FN4O2/c1-3-22-19(23-15-20(2,26)18-9-6-14-27-18)25-12-10-24(11-13-25)17-8-5-4-7-16(17)21/h4-9,14,26H,3,10-13,15H2,1-2H3,(H,22,23). The average Bonchev–Trinajstić information content (AvgIpc) is 3.22. The Balaban J connectivity index is 1.65. The maximum absolute atomic E-state index is 14.0. The number of anilines is 1. The molecule has 1 fully saturated rings. The van der Waals surface area contributed by atoms with Gasteiger partial charge in [0.15, 0.2) is 5.96 Å². The molecule has 1 aromatic carbocycles. The summed E-state index contributed by atoms with van der Waals surface area (Å²) >= 11 is 0. The zero-order chi connectivity index (χ0) is 19.3. The molecule has 0 aliphatic carbocycles. The fourth-order valence-electron chi connectivity index (χ4n) is 3.18. The van der Waals surface area contributed by atoms with E-state index in [9.17, 15) is 9.50 Å². The topological polar surface area (TPSA) is 64.2 Å². The van der Waals surface area contributed by atoms with Crippen LogP contribution in [0.4, 0.5) is 10.1 Å². The van der Waals surface area contributed by atoms with E-state index in [0.29, 0.717) is 24.5 Å². The number of hydrogen-bond acceptors (Lipinski definition) is 4. The molecule has 7 heteroatoms. The summed E-state index contributed by atoms with van der Waals surface area (Å²) in [6.07, 6.45) is 1.54. The van der Waals surface area contributed by atoms with Gasteiger partial charge in [-0.3, -0.25) is 0 Å². The number of halogens is 1. The van der Waals surface area contributed by atoms with Gasteiger partial charge in [-0.15, -0.1) is 0 Å². The Morgan fingerprint density at radius 2 is 1.96 bits per heavy atom. The van der Waals surface area contributed by atoms with E-state index < -0.39 is 5.60 Å². The molecule has 1 aliphatic rings. The molecule has 1 unspecified atom stereocenters. The third-order valence-corrected chi connectivity index (χ3v) is 4.70. The van der Waals surface area contributed by atoms with E-state index in [-0.39, 0.29) is 12.4 Å². The molecular formula is C20H27FN4O2. The van der Waals surface area contributed by atoms with Crippen molar-refractivity contribution < 1.29 is 13.9 Å². The van der Waals surface area contributed by atoms with Gasteiger partial charge in [0, 0.05) is 32.7 Å². The van der Waals surface area contributed by atoms with Crippen molar-refractivity contribution >= 4 is 11.6 Å². The number of piperazine rings is 1. The lowest BCUT2D eigenvalue weighted by molar-refractivity contribution is 0.0434. The summed E-state index contributed by atoms with van der Waals surface area (Å²) in [6, 6.07) is 10.4. The minimum absolute atomic E-state index is 0.191. The molecule has 0 radical (unpaired) electrons. The molecule has 0 saturated carbocycles. The maximum Gasteiger partial charge on any atom is 0.194 e. The van der Waals surface area contributed by atoms with Gasteiger partial charge in [0.25, 0.3) is 0 Å². The molecule has 2 heterocycles. The SMILES string of the molecule is CCNC(=NCC(C)(O)c1ccco1)N1CCN(c2ccccc2F)CC1. The molecule has 1 saturated heterocycles. The number of benzene rings is 1. The van der Waals surface area contributed by atoms with Crippen LogP contribution in [0.25, 0.3) is 0 Å². The van der Waals surface area contributed by atoms with Gasteiger partial charge in [0.05, 0.1) is 18.5 Å². The number of furan rings is 1. The van der Waals surface area contributed by atoms with Gasteiger partial charge in [-0.2, -0.15) is 0 Å². The van der Waals surface area contributed by atoms with E-state index in [0.717, 1.165) is 25.6 Å². The van der Waals surface area contributed by atoms with Crippen LogP contribution in [0, 0.1) is 5.82 Å². The second-order valence-electron chi connectivity index (χ2n) is 6.85. The third kappa shape index (κ3) is 4.60. The number of rotatable bonds is 5. The molecular weight excluding hydrogens is 347 g/mol. The molecule has 6 nitrogen and oxygen atoms in total. The number of nitrogens with one attached hydrogen (secondary N) is 1. The van der Waals surface area contributed by atoms with E-state index in [4.69, 9.17) is 4.42 Å². The zero-order valence-electron chi connectivity index (χ0n) is 15.9. The lowest BCUT2D eigenvalue weighted by Gasteiger charge is -2.38. The fourth-order valence-corrected chi connectivity index (χ4v) is 3.18. The lowest BCUT2D eigenvalue weighted by Crippen LogP contribution is -2.53. The van der Waals surface area contributed by atoms with Gasteiger partial charge in [-0.1, -0.05) is 12.1 Å². The normalized spacial score (nSPS) is 17.7. The molecule has 2 N–H and O–H groups in total. The van der Waals surface area contributed by atoms with Crippen LogP contribution in [0.15, 0.2) is 52.1 Å². The van der Waals surface area contributed by atoms with Crippen molar-refractivity contribution in [3.05, 3.63) is 54.2 Å². The number of aliphatic imine (C=N–C) groups is 1. The highest BCUT2D eigenvalue weighted by Gasteiger charge is 2.27. The van der Waals surface area contributed by atoms with E-state index in [1.165, 1.54) is 6.07 Å². The second kappa shape index (κ2) is 8.43. The quantitative estimate of drug-likeness (QED) is 0.622.